The predicted molar refractivity (Wildman–Crippen MR) is 71.3 cm³/mol. The topological polar surface area (TPSA) is 42.1 Å². The van der Waals surface area contributed by atoms with Crippen molar-refractivity contribution < 1.29 is 4.39 Å². The molecule has 1 aromatic carbocycles. The molecule has 1 aromatic heterocycles. The molecule has 0 saturated carbocycles. The largest absolute Gasteiger partial charge is 0.327 e. The second-order valence-corrected chi connectivity index (χ2v) is 4.25. The third kappa shape index (κ3) is 2.49. The van der Waals surface area contributed by atoms with Crippen LogP contribution in [0.4, 0.5) is 15.9 Å². The van der Waals surface area contributed by atoms with Crippen molar-refractivity contribution in [3.05, 3.63) is 54.0 Å². The molecule has 0 fully saturated rings. The zero-order valence-corrected chi connectivity index (χ0v) is 10.5. The number of hydrogen-bond donors (Lipinski definition) is 1. The van der Waals surface area contributed by atoms with Gasteiger partial charge in [-0.2, -0.15) is 0 Å². The van der Waals surface area contributed by atoms with E-state index in [1.807, 2.05) is 19.1 Å². The Hall–Kier alpha value is -1.94. The number of aromatic nitrogens is 1. The van der Waals surface area contributed by atoms with Crippen LogP contribution in [0, 0.1) is 5.82 Å². The molecule has 0 aliphatic heterocycles. The molecule has 2 N–H and O–H groups in total. The number of anilines is 2. The Morgan fingerprint density at radius 2 is 2.00 bits per heavy atom. The Morgan fingerprint density at radius 1 is 1.28 bits per heavy atom. The van der Waals surface area contributed by atoms with Gasteiger partial charge in [0.05, 0.1) is 5.69 Å². The van der Waals surface area contributed by atoms with Gasteiger partial charge in [-0.05, 0) is 36.8 Å². The van der Waals surface area contributed by atoms with Gasteiger partial charge in [0.1, 0.15) is 11.6 Å². The second-order valence-electron chi connectivity index (χ2n) is 4.25. The van der Waals surface area contributed by atoms with Crippen molar-refractivity contribution in [3.8, 4) is 0 Å². The number of hydrogen-bond acceptors (Lipinski definition) is 3. The molecule has 0 amide bonds. The summed E-state index contributed by atoms with van der Waals surface area (Å²) in [6.45, 7) is 1.90. The number of halogens is 1. The lowest BCUT2D eigenvalue weighted by Gasteiger charge is -2.20. The summed E-state index contributed by atoms with van der Waals surface area (Å²) in [5, 5.41) is 0. The van der Waals surface area contributed by atoms with Gasteiger partial charge in [0, 0.05) is 19.3 Å². The molecular formula is C14H16FN3. The lowest BCUT2D eigenvalue weighted by molar-refractivity contribution is 0.627. The molecule has 3 nitrogen and oxygen atoms in total. The van der Waals surface area contributed by atoms with Crippen molar-refractivity contribution in [2.45, 2.75) is 13.0 Å². The summed E-state index contributed by atoms with van der Waals surface area (Å²) in [5.41, 5.74) is 7.30. The summed E-state index contributed by atoms with van der Waals surface area (Å²) in [7, 11) is 1.78. The van der Waals surface area contributed by atoms with E-state index in [1.165, 1.54) is 6.07 Å². The van der Waals surface area contributed by atoms with E-state index in [-0.39, 0.29) is 11.9 Å². The Bertz CT molecular complexity index is 540. The van der Waals surface area contributed by atoms with Crippen molar-refractivity contribution in [2.24, 2.45) is 5.73 Å². The normalized spacial score (nSPS) is 12.2. The van der Waals surface area contributed by atoms with Gasteiger partial charge >= 0.3 is 0 Å². The Balaban J connectivity index is 2.37. The molecule has 0 spiro atoms. The molecule has 0 aliphatic rings. The minimum Gasteiger partial charge on any atom is -0.327 e. The minimum atomic E-state index is -0.270. The first kappa shape index (κ1) is 12.5. The van der Waals surface area contributed by atoms with Crippen LogP contribution in [0.15, 0.2) is 42.6 Å². The van der Waals surface area contributed by atoms with E-state index in [1.54, 1.807) is 36.3 Å². The Morgan fingerprint density at radius 3 is 2.67 bits per heavy atom. The van der Waals surface area contributed by atoms with Crippen molar-refractivity contribution in [2.75, 3.05) is 11.9 Å². The van der Waals surface area contributed by atoms with Gasteiger partial charge in [0.2, 0.25) is 0 Å². The summed E-state index contributed by atoms with van der Waals surface area (Å²) in [6, 6.07) is 10.3. The zero-order valence-electron chi connectivity index (χ0n) is 10.5. The highest BCUT2D eigenvalue weighted by molar-refractivity contribution is 5.60. The fourth-order valence-electron chi connectivity index (χ4n) is 1.75. The molecule has 1 heterocycles. The summed E-state index contributed by atoms with van der Waals surface area (Å²) >= 11 is 0. The van der Waals surface area contributed by atoms with Gasteiger partial charge in [0.15, 0.2) is 0 Å². The highest BCUT2D eigenvalue weighted by Crippen LogP contribution is 2.25. The molecule has 0 unspecified atom stereocenters. The molecule has 0 bridgehead atoms. The number of para-hydroxylation sites is 1. The third-order valence-corrected chi connectivity index (χ3v) is 2.85. The molecule has 2 rings (SSSR count). The third-order valence-electron chi connectivity index (χ3n) is 2.85. The number of pyridine rings is 1. The number of rotatable bonds is 3. The van der Waals surface area contributed by atoms with Crippen molar-refractivity contribution in [1.29, 1.82) is 0 Å². The highest BCUT2D eigenvalue weighted by Gasteiger charge is 2.11. The van der Waals surface area contributed by atoms with Gasteiger partial charge < -0.3 is 10.6 Å². The van der Waals surface area contributed by atoms with Gasteiger partial charge in [-0.25, -0.2) is 9.37 Å². The van der Waals surface area contributed by atoms with E-state index in [0.717, 1.165) is 5.56 Å². The first-order valence-corrected chi connectivity index (χ1v) is 5.79. The van der Waals surface area contributed by atoms with E-state index in [2.05, 4.69) is 4.98 Å². The predicted octanol–water partition coefficient (Wildman–Crippen LogP) is 3.01. The van der Waals surface area contributed by atoms with Crippen molar-refractivity contribution >= 4 is 11.5 Å². The maximum absolute atomic E-state index is 13.7. The summed E-state index contributed by atoms with van der Waals surface area (Å²) in [5.74, 6) is 0.405. The molecule has 2 aromatic rings. The minimum absolute atomic E-state index is 0.0687. The van der Waals surface area contributed by atoms with Crippen molar-refractivity contribution in [3.63, 3.8) is 0 Å². The molecule has 1 atom stereocenters. The fourth-order valence-corrected chi connectivity index (χ4v) is 1.75. The maximum Gasteiger partial charge on any atom is 0.146 e. The standard InChI is InChI=1S/C14H16FN3/c1-10(16)11-7-8-17-14(9-11)18(2)13-6-4-3-5-12(13)15/h3-10H,16H2,1-2H3/t10-/m0/s1. The smallest absolute Gasteiger partial charge is 0.146 e. The average molecular weight is 245 g/mol. The number of nitrogens with zero attached hydrogens (tertiary/aromatic N) is 2. The maximum atomic E-state index is 13.7. The van der Waals surface area contributed by atoms with Crippen LogP contribution in [0.2, 0.25) is 0 Å². The van der Waals surface area contributed by atoms with Crippen LogP contribution >= 0.6 is 0 Å². The highest BCUT2D eigenvalue weighted by atomic mass is 19.1. The van der Waals surface area contributed by atoms with Gasteiger partial charge in [-0.3, -0.25) is 0 Å². The summed E-state index contributed by atoms with van der Waals surface area (Å²) in [4.78, 5) is 5.95. The van der Waals surface area contributed by atoms with Crippen LogP contribution in [0.5, 0.6) is 0 Å². The molecule has 94 valence electrons. The van der Waals surface area contributed by atoms with Gasteiger partial charge in [0.25, 0.3) is 0 Å². The summed E-state index contributed by atoms with van der Waals surface area (Å²) in [6.07, 6.45) is 1.69. The molecule has 0 aliphatic carbocycles. The quantitative estimate of drug-likeness (QED) is 0.903. The van der Waals surface area contributed by atoms with E-state index in [4.69, 9.17) is 5.73 Å². The molecule has 4 heteroatoms. The van der Waals surface area contributed by atoms with E-state index >= 15 is 0 Å². The SMILES string of the molecule is C[C@H](N)c1ccnc(N(C)c2ccccc2F)c1. The lowest BCUT2D eigenvalue weighted by Crippen LogP contribution is -2.14. The Kier molecular flexibility index (Phi) is 3.58. The van der Waals surface area contributed by atoms with Gasteiger partial charge in [-0.15, -0.1) is 0 Å². The first-order valence-electron chi connectivity index (χ1n) is 5.79. The zero-order chi connectivity index (χ0) is 13.1. The number of nitrogens with two attached hydrogens (primary N) is 1. The molecular weight excluding hydrogens is 229 g/mol. The monoisotopic (exact) mass is 245 g/mol. The van der Waals surface area contributed by atoms with Crippen LogP contribution in [-0.2, 0) is 0 Å². The van der Waals surface area contributed by atoms with Crippen LogP contribution in [0.25, 0.3) is 0 Å². The lowest BCUT2D eigenvalue weighted by atomic mass is 10.1. The van der Waals surface area contributed by atoms with E-state index in [0.29, 0.717) is 11.5 Å². The molecule has 0 saturated heterocycles. The van der Waals surface area contributed by atoms with Crippen LogP contribution in [-0.4, -0.2) is 12.0 Å². The van der Waals surface area contributed by atoms with Gasteiger partial charge in [-0.1, -0.05) is 12.1 Å². The molecule has 0 radical (unpaired) electrons. The fraction of sp³-hybridized carbons (Fsp3) is 0.214. The second kappa shape index (κ2) is 5.14. The molecule has 18 heavy (non-hydrogen) atoms. The van der Waals surface area contributed by atoms with Crippen LogP contribution in [0.3, 0.4) is 0 Å². The Labute approximate surface area is 106 Å². The first-order chi connectivity index (χ1) is 8.59. The number of benzene rings is 1. The van der Waals surface area contributed by atoms with E-state index in [9.17, 15) is 4.39 Å². The van der Waals surface area contributed by atoms with Crippen molar-refractivity contribution in [1.82, 2.24) is 4.98 Å². The average Bonchev–Trinajstić information content (AvgIpc) is 2.38. The summed E-state index contributed by atoms with van der Waals surface area (Å²) < 4.78 is 13.7. The van der Waals surface area contributed by atoms with Crippen LogP contribution < -0.4 is 10.6 Å². The van der Waals surface area contributed by atoms with Crippen LogP contribution in [0.1, 0.15) is 18.5 Å². The van der Waals surface area contributed by atoms with E-state index < -0.39 is 0 Å².